The van der Waals surface area contributed by atoms with Crippen molar-refractivity contribution in [1.29, 1.82) is 0 Å². The van der Waals surface area contributed by atoms with Crippen LogP contribution in [-0.4, -0.2) is 29.4 Å². The van der Waals surface area contributed by atoms with E-state index in [4.69, 9.17) is 7.80 Å². The van der Waals surface area contributed by atoms with Crippen LogP contribution in [0, 0.1) is 6.92 Å². The summed E-state index contributed by atoms with van der Waals surface area (Å²) in [5.74, 6) is 0.379. The molecule has 0 bridgehead atoms. The topological polar surface area (TPSA) is 36.3 Å². The predicted molar refractivity (Wildman–Crippen MR) is 58.4 cm³/mol. The maximum Gasteiger partial charge on any atom is 0.257 e. The molecule has 0 amide bonds. The summed E-state index contributed by atoms with van der Waals surface area (Å²) in [4.78, 5) is 0. The molecule has 1 heterocycles. The molecule has 0 aliphatic rings. The number of alkyl halides is 2. The molecule has 1 aromatic heterocycles. The second-order valence-electron chi connectivity index (χ2n) is 2.89. The number of halogens is 3. The number of rotatable bonds is 6. The van der Waals surface area contributed by atoms with Crippen LogP contribution in [0.15, 0.2) is 6.20 Å². The Bertz CT molecular complexity index is 307. The highest BCUT2D eigenvalue weighted by Crippen LogP contribution is 2.15. The van der Waals surface area contributed by atoms with E-state index in [-0.39, 0.29) is 0 Å². The fourth-order valence-electron chi connectivity index (χ4n) is 1.05. The summed E-state index contributed by atoms with van der Waals surface area (Å²) in [5.41, 5.74) is 0.740. The molecule has 0 unspecified atom stereocenters. The Morgan fingerprint density at radius 2 is 2.27 bits per heavy atom. The first kappa shape index (κ1) is 12.6. The molecule has 0 radical (unpaired) electrons. The van der Waals surface area contributed by atoms with Crippen molar-refractivity contribution >= 4 is 23.0 Å². The largest absolute Gasteiger partial charge is 0.474 e. The van der Waals surface area contributed by atoms with E-state index >= 15 is 0 Å². The number of aromatic nitrogens is 2. The van der Waals surface area contributed by atoms with Gasteiger partial charge in [-0.05, 0) is 6.92 Å². The molecule has 0 saturated heterocycles. The monoisotopic (exact) mass is 332 g/mol. The lowest BCUT2D eigenvalue weighted by Crippen LogP contribution is -2.08. The molecule has 0 fully saturated rings. The van der Waals surface area contributed by atoms with Gasteiger partial charge >= 0.3 is 0 Å². The zero-order valence-electron chi connectivity index (χ0n) is 8.12. The maximum atomic E-state index is 12.0. The van der Waals surface area contributed by atoms with E-state index < -0.39 is 13.0 Å². The van der Waals surface area contributed by atoms with Crippen LogP contribution in [0.1, 0.15) is 5.56 Å². The van der Waals surface area contributed by atoms with E-state index in [1.165, 1.54) is 10.9 Å². The minimum atomic E-state index is -2.41. The summed E-state index contributed by atoms with van der Waals surface area (Å²) >= 11 is 1.76. The number of nitrogens with zero attached hydrogens (tertiary/aromatic N) is 2. The SMILES string of the molecule is Cc1cn(CC(F)F)nc1OCCOI. The molecular formula is C8H11F2IN2O2. The molecule has 0 N–H and O–H groups in total. The third-order valence-electron chi connectivity index (χ3n) is 1.62. The molecule has 0 aromatic carbocycles. The minimum absolute atomic E-state index is 0.357. The highest BCUT2D eigenvalue weighted by atomic mass is 127. The highest BCUT2D eigenvalue weighted by Gasteiger charge is 2.09. The molecule has 15 heavy (non-hydrogen) atoms. The second kappa shape index (κ2) is 6.21. The van der Waals surface area contributed by atoms with Gasteiger partial charge in [-0.3, -0.25) is 4.68 Å². The molecule has 0 aliphatic heterocycles. The van der Waals surface area contributed by atoms with E-state index in [1.807, 2.05) is 0 Å². The first-order valence-electron chi connectivity index (χ1n) is 4.32. The fourth-order valence-corrected chi connectivity index (χ4v) is 1.23. The van der Waals surface area contributed by atoms with Crippen LogP contribution in [0.2, 0.25) is 0 Å². The minimum Gasteiger partial charge on any atom is -0.474 e. The first-order chi connectivity index (χ1) is 7.13. The van der Waals surface area contributed by atoms with Gasteiger partial charge in [0.05, 0.1) is 6.61 Å². The Labute approximate surface area is 100 Å². The molecule has 0 atom stereocenters. The Kier molecular flexibility index (Phi) is 5.23. The van der Waals surface area contributed by atoms with Gasteiger partial charge in [-0.25, -0.2) is 8.78 Å². The lowest BCUT2D eigenvalue weighted by Gasteiger charge is -2.01. The summed E-state index contributed by atoms with van der Waals surface area (Å²) < 4.78 is 35.3. The standard InChI is InChI=1S/C8H11F2IN2O2/c1-6-4-13(5-7(9)10)12-8(6)14-2-3-15-11/h4,7H,2-3,5H2,1H3. The van der Waals surface area contributed by atoms with Crippen molar-refractivity contribution in [2.45, 2.75) is 19.9 Å². The van der Waals surface area contributed by atoms with E-state index in [0.717, 1.165) is 5.56 Å². The molecule has 0 saturated carbocycles. The Hall–Kier alpha value is -0.440. The second-order valence-corrected chi connectivity index (χ2v) is 3.51. The van der Waals surface area contributed by atoms with Gasteiger partial charge in [-0.15, -0.1) is 5.10 Å². The predicted octanol–water partition coefficient (Wildman–Crippen LogP) is 2.20. The normalized spacial score (nSPS) is 11.0. The van der Waals surface area contributed by atoms with Crippen molar-refractivity contribution in [3.05, 3.63) is 11.8 Å². The Balaban J connectivity index is 2.53. The number of aryl methyl sites for hydroxylation is 1. The van der Waals surface area contributed by atoms with Crippen LogP contribution in [0.4, 0.5) is 8.78 Å². The van der Waals surface area contributed by atoms with Gasteiger partial charge in [0.25, 0.3) is 6.43 Å². The summed E-state index contributed by atoms with van der Waals surface area (Å²) in [6.45, 7) is 2.14. The summed E-state index contributed by atoms with van der Waals surface area (Å²) in [5, 5.41) is 3.88. The molecule has 0 spiro atoms. The molecule has 1 rings (SSSR count). The van der Waals surface area contributed by atoms with Crippen molar-refractivity contribution in [1.82, 2.24) is 9.78 Å². The average molecular weight is 332 g/mol. The molecular weight excluding hydrogens is 321 g/mol. The van der Waals surface area contributed by atoms with Crippen molar-refractivity contribution in [2.24, 2.45) is 0 Å². The van der Waals surface area contributed by atoms with Crippen LogP contribution in [0.3, 0.4) is 0 Å². The zero-order chi connectivity index (χ0) is 11.3. The van der Waals surface area contributed by atoms with E-state index in [9.17, 15) is 8.78 Å². The Morgan fingerprint density at radius 3 is 2.87 bits per heavy atom. The van der Waals surface area contributed by atoms with Crippen molar-refractivity contribution in [3.63, 3.8) is 0 Å². The molecule has 86 valence electrons. The number of hydrogen-bond acceptors (Lipinski definition) is 3. The van der Waals surface area contributed by atoms with E-state index in [1.54, 1.807) is 29.9 Å². The third-order valence-corrected chi connectivity index (χ3v) is 2.06. The van der Waals surface area contributed by atoms with E-state index in [2.05, 4.69) is 5.10 Å². The van der Waals surface area contributed by atoms with Crippen molar-refractivity contribution in [3.8, 4) is 5.88 Å². The molecule has 4 nitrogen and oxygen atoms in total. The first-order valence-corrected chi connectivity index (χ1v) is 5.20. The number of hydrogen-bond donors (Lipinski definition) is 0. The van der Waals surface area contributed by atoms with Crippen LogP contribution >= 0.6 is 23.0 Å². The van der Waals surface area contributed by atoms with Gasteiger partial charge in [0.15, 0.2) is 0 Å². The fraction of sp³-hybridized carbons (Fsp3) is 0.625. The Morgan fingerprint density at radius 1 is 1.53 bits per heavy atom. The maximum absolute atomic E-state index is 12.0. The molecule has 1 aromatic rings. The summed E-state index contributed by atoms with van der Waals surface area (Å²) in [7, 11) is 0. The van der Waals surface area contributed by atoms with Crippen LogP contribution < -0.4 is 4.74 Å². The van der Waals surface area contributed by atoms with Gasteiger partial charge in [-0.2, -0.15) is 0 Å². The molecule has 7 heteroatoms. The lowest BCUT2D eigenvalue weighted by molar-refractivity contribution is 0.121. The van der Waals surface area contributed by atoms with E-state index in [0.29, 0.717) is 19.1 Å². The van der Waals surface area contributed by atoms with Gasteiger partial charge in [0, 0.05) is 11.8 Å². The summed E-state index contributed by atoms with van der Waals surface area (Å²) in [6.07, 6.45) is -0.873. The van der Waals surface area contributed by atoms with Gasteiger partial charge in [-0.1, -0.05) is 0 Å². The third kappa shape index (κ3) is 4.29. The van der Waals surface area contributed by atoms with Gasteiger partial charge in [0.2, 0.25) is 5.88 Å². The highest BCUT2D eigenvalue weighted by molar-refractivity contribution is 14.1. The van der Waals surface area contributed by atoms with Gasteiger partial charge in [0.1, 0.15) is 36.2 Å². The quantitative estimate of drug-likeness (QED) is 0.592. The van der Waals surface area contributed by atoms with Gasteiger partial charge < -0.3 is 7.80 Å². The summed E-state index contributed by atoms with van der Waals surface area (Å²) in [6, 6.07) is 0. The van der Waals surface area contributed by atoms with Crippen molar-refractivity contribution < 1.29 is 16.6 Å². The van der Waals surface area contributed by atoms with Crippen LogP contribution in [0.25, 0.3) is 0 Å². The smallest absolute Gasteiger partial charge is 0.257 e. The lowest BCUT2D eigenvalue weighted by atomic mass is 10.4. The van der Waals surface area contributed by atoms with Crippen molar-refractivity contribution in [2.75, 3.05) is 13.2 Å². The zero-order valence-corrected chi connectivity index (χ0v) is 10.3. The number of ether oxygens (including phenoxy) is 1. The van der Waals surface area contributed by atoms with Crippen LogP contribution in [0.5, 0.6) is 5.88 Å². The molecule has 0 aliphatic carbocycles. The van der Waals surface area contributed by atoms with Crippen LogP contribution in [-0.2, 0) is 9.61 Å². The average Bonchev–Trinajstić information content (AvgIpc) is 2.46.